The predicted octanol–water partition coefficient (Wildman–Crippen LogP) is 0.911. The molecule has 0 saturated carbocycles. The van der Waals surface area contributed by atoms with Crippen molar-refractivity contribution in [1.82, 2.24) is 10.9 Å². The van der Waals surface area contributed by atoms with Gasteiger partial charge in [0.25, 0.3) is 21.0 Å². The Bertz CT molecular complexity index is 1830. The molecule has 4 aromatic rings. The van der Waals surface area contributed by atoms with E-state index in [2.05, 4.69) is 21.1 Å². The first kappa shape index (κ1) is 26.5. The van der Waals surface area contributed by atoms with Crippen molar-refractivity contribution in [2.24, 2.45) is 10.2 Å². The van der Waals surface area contributed by atoms with Gasteiger partial charge in [-0.1, -0.05) is 48.5 Å². The Kier molecular flexibility index (Phi) is 7.84. The molecule has 0 spiro atoms. The van der Waals surface area contributed by atoms with Crippen LogP contribution < -0.4 is 41.9 Å². The van der Waals surface area contributed by atoms with Crippen LogP contribution in [0.4, 0.5) is 0 Å². The Hall–Kier alpha value is -4.55. The van der Waals surface area contributed by atoms with Gasteiger partial charge >= 0.3 is 0 Å². The minimum absolute atomic E-state index is 0.0232. The van der Waals surface area contributed by atoms with E-state index >= 15 is 0 Å². The van der Waals surface area contributed by atoms with E-state index < -0.39 is 31.2 Å². The highest BCUT2D eigenvalue weighted by Crippen LogP contribution is 2.18. The van der Waals surface area contributed by atoms with Crippen molar-refractivity contribution in [1.29, 1.82) is 0 Å². The van der Waals surface area contributed by atoms with Gasteiger partial charge in [0.1, 0.15) is 27.1 Å². The lowest BCUT2D eigenvalue weighted by atomic mass is 10.1. The zero-order valence-corrected chi connectivity index (χ0v) is 21.3. The van der Waals surface area contributed by atoms with E-state index in [-0.39, 0.29) is 29.2 Å². The Morgan fingerprint density at radius 2 is 1.24 bits per heavy atom. The summed E-state index contributed by atoms with van der Waals surface area (Å²) in [5.74, 6) is 1.16. The molecule has 0 saturated heterocycles. The van der Waals surface area contributed by atoms with Gasteiger partial charge in [-0.15, -0.1) is 0 Å². The number of nitrogens with one attached hydrogen (secondary N) is 2. The molecule has 4 aromatic carbocycles. The first-order valence-electron chi connectivity index (χ1n) is 11.3. The summed E-state index contributed by atoms with van der Waals surface area (Å²) < 4.78 is 44.8. The second-order valence-corrected chi connectivity index (χ2v) is 9.42. The molecule has 0 radical (unpaired) electrons. The second kappa shape index (κ2) is 11.2. The Morgan fingerprint density at radius 1 is 0.737 bits per heavy atom. The average Bonchev–Trinajstić information content (AvgIpc) is 2.92. The zero-order valence-electron chi connectivity index (χ0n) is 20.5. The van der Waals surface area contributed by atoms with Crippen LogP contribution in [0.5, 0.6) is 11.5 Å². The maximum atomic E-state index is 13.1. The third-order valence-corrected chi connectivity index (χ3v) is 6.63. The summed E-state index contributed by atoms with van der Waals surface area (Å²) in [6.45, 7) is 0.267. The van der Waals surface area contributed by atoms with Crippen molar-refractivity contribution >= 4 is 20.9 Å². The summed E-state index contributed by atoms with van der Waals surface area (Å²) >= 11 is 0. The topological polar surface area (TPSA) is 156 Å². The van der Waals surface area contributed by atoms with Gasteiger partial charge in [-0.3, -0.25) is 14.1 Å². The molecule has 0 atom stereocenters. The van der Waals surface area contributed by atoms with Gasteiger partial charge in [-0.2, -0.15) is 18.6 Å². The number of benzene rings is 4. The molecule has 11 nitrogen and oxygen atoms in total. The van der Waals surface area contributed by atoms with Gasteiger partial charge in [-0.25, -0.2) is 0 Å². The molecule has 0 aromatic heterocycles. The molecule has 3 N–H and O–H groups in total. The van der Waals surface area contributed by atoms with E-state index in [1.54, 1.807) is 48.5 Å². The SMILES string of the molecule is COc1ccccc1CNN=c1c(=O)c(=O)c(=NNCc2ccccc2OC)c2c(S(=O)(=O)O)cccc12. The number of methoxy groups -OCH3 is 2. The average molecular weight is 537 g/mol. The van der Waals surface area contributed by atoms with Crippen molar-refractivity contribution in [2.45, 2.75) is 18.0 Å². The number of nitrogens with zero attached hydrogens (tertiary/aromatic N) is 2. The fourth-order valence-corrected chi connectivity index (χ4v) is 4.68. The van der Waals surface area contributed by atoms with Crippen LogP contribution in [0.3, 0.4) is 0 Å². The highest BCUT2D eigenvalue weighted by Gasteiger charge is 2.20. The molecule has 0 aliphatic heterocycles. The molecule has 0 bridgehead atoms. The fourth-order valence-electron chi connectivity index (χ4n) is 3.96. The minimum Gasteiger partial charge on any atom is -0.496 e. The molecule has 0 amide bonds. The van der Waals surface area contributed by atoms with Crippen LogP contribution in [-0.4, -0.2) is 27.2 Å². The van der Waals surface area contributed by atoms with E-state index in [1.165, 1.54) is 26.4 Å². The molecule has 38 heavy (non-hydrogen) atoms. The summed E-state index contributed by atoms with van der Waals surface area (Å²) in [5.41, 5.74) is 4.81. The maximum absolute atomic E-state index is 13.1. The summed E-state index contributed by atoms with van der Waals surface area (Å²) in [7, 11) is -1.76. The van der Waals surface area contributed by atoms with Crippen molar-refractivity contribution in [3.05, 3.63) is 109 Å². The van der Waals surface area contributed by atoms with Crippen LogP contribution in [0.15, 0.2) is 91.4 Å². The van der Waals surface area contributed by atoms with Gasteiger partial charge in [0, 0.05) is 21.9 Å². The van der Waals surface area contributed by atoms with Crippen LogP contribution in [-0.2, 0) is 23.2 Å². The van der Waals surface area contributed by atoms with Gasteiger partial charge in [0.05, 0.1) is 27.3 Å². The van der Waals surface area contributed by atoms with Gasteiger partial charge < -0.3 is 20.3 Å². The quantitative estimate of drug-likeness (QED) is 0.161. The predicted molar refractivity (Wildman–Crippen MR) is 139 cm³/mol. The second-order valence-electron chi connectivity index (χ2n) is 8.03. The van der Waals surface area contributed by atoms with Crippen LogP contribution in [0.1, 0.15) is 11.1 Å². The van der Waals surface area contributed by atoms with Gasteiger partial charge in [-0.05, 0) is 18.2 Å². The van der Waals surface area contributed by atoms with Crippen LogP contribution >= 0.6 is 0 Å². The zero-order chi connectivity index (χ0) is 27.3. The van der Waals surface area contributed by atoms with E-state index in [9.17, 15) is 22.6 Å². The number of ether oxygens (including phenoxy) is 2. The Morgan fingerprint density at radius 3 is 1.76 bits per heavy atom. The van der Waals surface area contributed by atoms with E-state index in [1.807, 2.05) is 0 Å². The van der Waals surface area contributed by atoms with Crippen LogP contribution in [0.25, 0.3) is 10.8 Å². The Labute approximate surface area is 217 Å². The Balaban J connectivity index is 1.86. The summed E-state index contributed by atoms with van der Waals surface area (Å²) in [6.07, 6.45) is 0. The third kappa shape index (κ3) is 5.41. The number of hydrogen-bond acceptors (Lipinski definition) is 10. The molecule has 196 valence electrons. The van der Waals surface area contributed by atoms with E-state index in [0.717, 1.165) is 11.6 Å². The molecule has 4 rings (SSSR count). The molecule has 12 heteroatoms. The largest absolute Gasteiger partial charge is 0.496 e. The summed E-state index contributed by atoms with van der Waals surface area (Å²) in [5, 5.41) is 7.19. The smallest absolute Gasteiger partial charge is 0.295 e. The van der Waals surface area contributed by atoms with E-state index in [0.29, 0.717) is 17.1 Å². The monoisotopic (exact) mass is 536 g/mol. The number of para-hydroxylation sites is 2. The van der Waals surface area contributed by atoms with E-state index in [4.69, 9.17) is 9.47 Å². The molecular weight excluding hydrogens is 512 g/mol. The first-order valence-corrected chi connectivity index (χ1v) is 12.8. The molecule has 0 aliphatic carbocycles. The lowest BCUT2D eigenvalue weighted by molar-refractivity contribution is 0.408. The lowest BCUT2D eigenvalue weighted by Gasteiger charge is -2.08. The highest BCUT2D eigenvalue weighted by molar-refractivity contribution is 7.86. The van der Waals surface area contributed by atoms with Crippen LogP contribution in [0, 0.1) is 0 Å². The normalized spacial score (nSPS) is 12.5. The molecular formula is C26H24N4O7S. The molecule has 0 unspecified atom stereocenters. The molecule has 0 fully saturated rings. The van der Waals surface area contributed by atoms with Gasteiger partial charge in [0.2, 0.25) is 0 Å². The summed E-state index contributed by atoms with van der Waals surface area (Å²) in [4.78, 5) is 25.6. The minimum atomic E-state index is -4.79. The number of hydrogen-bond donors (Lipinski definition) is 3. The molecule has 0 heterocycles. The maximum Gasteiger partial charge on any atom is 0.295 e. The third-order valence-electron chi connectivity index (χ3n) is 5.74. The van der Waals surface area contributed by atoms with Crippen molar-refractivity contribution < 1.29 is 22.4 Å². The highest BCUT2D eigenvalue weighted by atomic mass is 32.2. The lowest BCUT2D eigenvalue weighted by Crippen LogP contribution is -2.49. The fraction of sp³-hybridized carbons (Fsp3) is 0.154. The molecule has 0 aliphatic rings. The summed E-state index contributed by atoms with van der Waals surface area (Å²) in [6, 6.07) is 18.1. The van der Waals surface area contributed by atoms with Gasteiger partial charge in [0.15, 0.2) is 0 Å². The van der Waals surface area contributed by atoms with Crippen molar-refractivity contribution in [3.8, 4) is 11.5 Å². The first-order chi connectivity index (χ1) is 18.3. The van der Waals surface area contributed by atoms with Crippen LogP contribution in [0.2, 0.25) is 0 Å². The van der Waals surface area contributed by atoms with Crippen molar-refractivity contribution in [2.75, 3.05) is 14.2 Å². The standard InChI is InChI=1S/C26H24N4O7S/c1-36-19-11-5-3-8-16(19)14-27-29-23-18-10-7-13-21(38(33,34)35)22(18)24(26(32)25(23)31)30-28-15-17-9-4-6-12-20(17)37-2/h3-13,27-28H,14-15H2,1-2H3,(H,33,34,35). The van der Waals surface area contributed by atoms with Crippen molar-refractivity contribution in [3.63, 3.8) is 0 Å². The number of rotatable bonds is 9. The number of fused-ring (bicyclic) bond motifs is 1.